The van der Waals surface area contributed by atoms with Crippen LogP contribution in [0.1, 0.15) is 26.3 Å². The molecule has 3 aromatic carbocycles. The van der Waals surface area contributed by atoms with Gasteiger partial charge in [-0.3, -0.25) is 4.72 Å². The molecule has 0 fully saturated rings. The topological polar surface area (TPSA) is 70.9 Å². The summed E-state index contributed by atoms with van der Waals surface area (Å²) in [6, 6.07) is 23.1. The van der Waals surface area contributed by atoms with E-state index in [0.717, 1.165) is 11.3 Å². The summed E-state index contributed by atoms with van der Waals surface area (Å²) in [6.07, 6.45) is 0. The van der Waals surface area contributed by atoms with Crippen LogP contribution < -0.4 is 4.72 Å². The van der Waals surface area contributed by atoms with Crippen LogP contribution in [0.25, 0.3) is 0 Å². The number of azo groups is 1. The van der Waals surface area contributed by atoms with Crippen LogP contribution in [-0.2, 0) is 15.4 Å². The van der Waals surface area contributed by atoms with Crippen molar-refractivity contribution in [2.45, 2.75) is 31.1 Å². The van der Waals surface area contributed by atoms with E-state index in [0.29, 0.717) is 11.4 Å². The second-order valence-corrected chi connectivity index (χ2v) is 9.14. The third-order valence-corrected chi connectivity index (χ3v) is 5.58. The van der Waals surface area contributed by atoms with Gasteiger partial charge in [-0.15, -0.1) is 0 Å². The van der Waals surface area contributed by atoms with E-state index in [9.17, 15) is 8.42 Å². The van der Waals surface area contributed by atoms with Gasteiger partial charge in [0, 0.05) is 5.69 Å². The zero-order valence-electron chi connectivity index (χ0n) is 16.1. The van der Waals surface area contributed by atoms with E-state index in [2.05, 4.69) is 35.7 Å². The molecule has 0 saturated heterocycles. The minimum atomic E-state index is -3.65. The molecule has 0 aliphatic heterocycles. The molecule has 0 saturated carbocycles. The Morgan fingerprint density at radius 1 is 0.714 bits per heavy atom. The van der Waals surface area contributed by atoms with Crippen molar-refractivity contribution in [3.63, 3.8) is 0 Å². The predicted molar refractivity (Wildman–Crippen MR) is 113 cm³/mol. The van der Waals surface area contributed by atoms with Crippen LogP contribution in [0.2, 0.25) is 0 Å². The van der Waals surface area contributed by atoms with Crippen molar-refractivity contribution in [1.29, 1.82) is 0 Å². The number of anilines is 1. The first-order valence-corrected chi connectivity index (χ1v) is 10.4. The Balaban J connectivity index is 1.71. The van der Waals surface area contributed by atoms with Crippen LogP contribution in [0, 0.1) is 0 Å². The summed E-state index contributed by atoms with van der Waals surface area (Å²) in [6.45, 7) is 6.27. The SMILES string of the molecule is CC(C)(C)c1ccc(S(=O)(=O)Nc2ccc(N=Nc3ccccc3)cc2)cc1. The van der Waals surface area contributed by atoms with Crippen LogP contribution in [0.4, 0.5) is 17.1 Å². The van der Waals surface area contributed by atoms with Crippen molar-refractivity contribution in [3.05, 3.63) is 84.4 Å². The molecule has 6 heteroatoms. The summed E-state index contributed by atoms with van der Waals surface area (Å²) in [5.41, 5.74) is 2.92. The van der Waals surface area contributed by atoms with E-state index in [1.165, 1.54) is 0 Å². The second-order valence-electron chi connectivity index (χ2n) is 7.46. The lowest BCUT2D eigenvalue weighted by Crippen LogP contribution is -2.14. The molecule has 0 bridgehead atoms. The molecular weight excluding hydrogens is 370 g/mol. The fourth-order valence-electron chi connectivity index (χ4n) is 2.55. The largest absolute Gasteiger partial charge is 0.280 e. The zero-order valence-corrected chi connectivity index (χ0v) is 16.9. The van der Waals surface area contributed by atoms with Crippen LogP contribution in [0.5, 0.6) is 0 Å². The zero-order chi connectivity index (χ0) is 20.2. The summed E-state index contributed by atoms with van der Waals surface area (Å²) < 4.78 is 27.8. The van der Waals surface area contributed by atoms with Crippen molar-refractivity contribution >= 4 is 27.1 Å². The van der Waals surface area contributed by atoms with Crippen molar-refractivity contribution in [2.24, 2.45) is 10.2 Å². The highest BCUT2D eigenvalue weighted by Crippen LogP contribution is 2.25. The molecule has 0 spiro atoms. The summed E-state index contributed by atoms with van der Waals surface area (Å²) in [5.74, 6) is 0. The third-order valence-electron chi connectivity index (χ3n) is 4.19. The number of nitrogens with one attached hydrogen (secondary N) is 1. The summed E-state index contributed by atoms with van der Waals surface area (Å²) >= 11 is 0. The number of nitrogens with zero attached hydrogens (tertiary/aromatic N) is 2. The van der Waals surface area contributed by atoms with Gasteiger partial charge in [-0.1, -0.05) is 51.1 Å². The van der Waals surface area contributed by atoms with Crippen LogP contribution in [0.15, 0.2) is 94.0 Å². The van der Waals surface area contributed by atoms with E-state index < -0.39 is 10.0 Å². The lowest BCUT2D eigenvalue weighted by atomic mass is 9.87. The number of hydrogen-bond donors (Lipinski definition) is 1. The van der Waals surface area contributed by atoms with Gasteiger partial charge in [0.15, 0.2) is 0 Å². The average Bonchev–Trinajstić information content (AvgIpc) is 2.67. The molecule has 0 heterocycles. The molecule has 3 rings (SSSR count). The minimum absolute atomic E-state index is 0.0279. The van der Waals surface area contributed by atoms with E-state index >= 15 is 0 Å². The minimum Gasteiger partial charge on any atom is -0.280 e. The van der Waals surface area contributed by atoms with Gasteiger partial charge >= 0.3 is 0 Å². The van der Waals surface area contributed by atoms with E-state index in [4.69, 9.17) is 0 Å². The van der Waals surface area contributed by atoms with Gasteiger partial charge in [0.05, 0.1) is 16.3 Å². The Morgan fingerprint density at radius 3 is 1.79 bits per heavy atom. The molecule has 0 aliphatic carbocycles. The summed E-state index contributed by atoms with van der Waals surface area (Å²) in [5, 5.41) is 8.30. The maximum absolute atomic E-state index is 12.6. The summed E-state index contributed by atoms with van der Waals surface area (Å²) in [7, 11) is -3.65. The first-order valence-electron chi connectivity index (χ1n) is 8.94. The molecule has 0 unspecified atom stereocenters. The number of sulfonamides is 1. The predicted octanol–water partition coefficient (Wildman–Crippen LogP) is 6.20. The highest BCUT2D eigenvalue weighted by molar-refractivity contribution is 7.92. The molecule has 28 heavy (non-hydrogen) atoms. The van der Waals surface area contributed by atoms with Gasteiger partial charge in [-0.05, 0) is 59.5 Å². The quantitative estimate of drug-likeness (QED) is 0.524. The molecular formula is C22H23N3O2S. The Morgan fingerprint density at radius 2 is 1.25 bits per heavy atom. The lowest BCUT2D eigenvalue weighted by molar-refractivity contribution is 0.587. The molecule has 5 nitrogen and oxygen atoms in total. The first kappa shape index (κ1) is 19.8. The third kappa shape index (κ3) is 5.04. The molecule has 0 radical (unpaired) electrons. The Kier molecular flexibility index (Phi) is 5.61. The van der Waals surface area contributed by atoms with Crippen LogP contribution in [0.3, 0.4) is 0 Å². The van der Waals surface area contributed by atoms with Crippen LogP contribution >= 0.6 is 0 Å². The number of rotatable bonds is 5. The van der Waals surface area contributed by atoms with Crippen LogP contribution in [-0.4, -0.2) is 8.42 Å². The molecule has 0 aromatic heterocycles. The maximum Gasteiger partial charge on any atom is 0.261 e. The van der Waals surface area contributed by atoms with Crippen molar-refractivity contribution in [1.82, 2.24) is 0 Å². The van der Waals surface area contributed by atoms with Gasteiger partial charge in [-0.25, -0.2) is 8.42 Å². The van der Waals surface area contributed by atoms with E-state index in [-0.39, 0.29) is 10.3 Å². The number of hydrogen-bond acceptors (Lipinski definition) is 4. The standard InChI is InChI=1S/C22H23N3O2S/c1-22(2,3)17-9-15-21(16-10-17)28(26,27)25-20-13-11-19(12-14-20)24-23-18-7-5-4-6-8-18/h4-16,25H,1-3H3. The van der Waals surface area contributed by atoms with Gasteiger partial charge in [0.1, 0.15) is 0 Å². The van der Waals surface area contributed by atoms with Gasteiger partial charge < -0.3 is 0 Å². The second kappa shape index (κ2) is 7.94. The van der Waals surface area contributed by atoms with E-state index in [1.807, 2.05) is 42.5 Å². The molecule has 0 atom stereocenters. The smallest absolute Gasteiger partial charge is 0.261 e. The van der Waals surface area contributed by atoms with Crippen molar-refractivity contribution in [2.75, 3.05) is 4.72 Å². The van der Waals surface area contributed by atoms with Crippen molar-refractivity contribution in [3.8, 4) is 0 Å². The van der Waals surface area contributed by atoms with Gasteiger partial charge in [0.25, 0.3) is 10.0 Å². The fourth-order valence-corrected chi connectivity index (χ4v) is 3.61. The number of benzene rings is 3. The molecule has 0 aliphatic rings. The highest BCUT2D eigenvalue weighted by Gasteiger charge is 2.17. The molecule has 1 N–H and O–H groups in total. The Bertz CT molecular complexity index is 1050. The molecule has 0 amide bonds. The normalized spacial score (nSPS) is 12.2. The lowest BCUT2D eigenvalue weighted by Gasteiger charge is -2.19. The Labute approximate surface area is 166 Å². The molecule has 144 valence electrons. The first-order chi connectivity index (χ1) is 13.2. The monoisotopic (exact) mass is 393 g/mol. The summed E-state index contributed by atoms with van der Waals surface area (Å²) in [4.78, 5) is 0.230. The Hall–Kier alpha value is -2.99. The maximum atomic E-state index is 12.6. The average molecular weight is 394 g/mol. The fraction of sp³-hybridized carbons (Fsp3) is 0.182. The van der Waals surface area contributed by atoms with Gasteiger partial charge in [0.2, 0.25) is 0 Å². The van der Waals surface area contributed by atoms with Gasteiger partial charge in [-0.2, -0.15) is 10.2 Å². The highest BCUT2D eigenvalue weighted by atomic mass is 32.2. The molecule has 3 aromatic rings. The van der Waals surface area contributed by atoms with Crippen molar-refractivity contribution < 1.29 is 8.42 Å². The van der Waals surface area contributed by atoms with E-state index in [1.54, 1.807) is 36.4 Å².